The van der Waals surface area contributed by atoms with Crippen LogP contribution in [0.1, 0.15) is 34.1 Å². The zero-order valence-electron chi connectivity index (χ0n) is 11.0. The second-order valence-electron chi connectivity index (χ2n) is 5.10. The van der Waals surface area contributed by atoms with E-state index in [1.54, 1.807) is 0 Å². The largest absolute Gasteiger partial charge is 0.391 e. The van der Waals surface area contributed by atoms with E-state index in [4.69, 9.17) is 4.55 Å². The predicted molar refractivity (Wildman–Crippen MR) is 68.5 cm³/mol. The van der Waals surface area contributed by atoms with Gasteiger partial charge in [0.15, 0.2) is 0 Å². The topological polar surface area (TPSA) is 86.6 Å². The van der Waals surface area contributed by atoms with Crippen molar-refractivity contribution in [3.05, 3.63) is 0 Å². The number of rotatable bonds is 8. The Bertz CT molecular complexity index is 301. The van der Waals surface area contributed by atoms with E-state index in [1.165, 1.54) is 0 Å². The maximum Gasteiger partial charge on any atom is 0.264 e. The van der Waals surface area contributed by atoms with Gasteiger partial charge < -0.3 is 10.4 Å². The summed E-state index contributed by atoms with van der Waals surface area (Å²) in [6, 6.07) is -0.0589. The van der Waals surface area contributed by atoms with Crippen LogP contribution in [0, 0.1) is 11.8 Å². The molecule has 0 rings (SSSR count). The van der Waals surface area contributed by atoms with Gasteiger partial charge in [-0.1, -0.05) is 27.7 Å². The molecule has 0 aromatic carbocycles. The minimum absolute atomic E-state index is 0.0589. The summed E-state index contributed by atoms with van der Waals surface area (Å²) in [7, 11) is -3.88. The minimum Gasteiger partial charge on any atom is -0.391 e. The smallest absolute Gasteiger partial charge is 0.264 e. The van der Waals surface area contributed by atoms with E-state index >= 15 is 0 Å². The Morgan fingerprint density at radius 2 is 1.65 bits per heavy atom. The van der Waals surface area contributed by atoms with E-state index in [0.29, 0.717) is 13.0 Å². The van der Waals surface area contributed by atoms with Gasteiger partial charge in [0.05, 0.1) is 11.9 Å². The molecule has 0 aliphatic rings. The highest BCUT2D eigenvalue weighted by Crippen LogP contribution is 2.13. The van der Waals surface area contributed by atoms with E-state index in [2.05, 4.69) is 5.32 Å². The van der Waals surface area contributed by atoms with Crippen LogP contribution in [0.25, 0.3) is 0 Å². The zero-order chi connectivity index (χ0) is 13.6. The maximum atomic E-state index is 10.5. The van der Waals surface area contributed by atoms with E-state index in [9.17, 15) is 13.5 Å². The summed E-state index contributed by atoms with van der Waals surface area (Å²) >= 11 is 0. The van der Waals surface area contributed by atoms with Gasteiger partial charge in [0.25, 0.3) is 10.1 Å². The van der Waals surface area contributed by atoms with Gasteiger partial charge in [0, 0.05) is 6.04 Å². The maximum absolute atomic E-state index is 10.5. The molecule has 3 N–H and O–H groups in total. The molecule has 0 radical (unpaired) electrons. The van der Waals surface area contributed by atoms with Crippen molar-refractivity contribution in [2.75, 3.05) is 12.3 Å². The highest BCUT2D eigenvalue weighted by molar-refractivity contribution is 7.85. The number of hydrogen-bond donors (Lipinski definition) is 3. The third kappa shape index (κ3) is 7.70. The predicted octanol–water partition coefficient (Wildman–Crippen LogP) is 0.895. The van der Waals surface area contributed by atoms with Crippen molar-refractivity contribution in [3.63, 3.8) is 0 Å². The molecule has 0 saturated heterocycles. The molecule has 2 atom stereocenters. The van der Waals surface area contributed by atoms with Crippen LogP contribution in [-0.2, 0) is 10.1 Å². The van der Waals surface area contributed by atoms with Crippen molar-refractivity contribution < 1.29 is 18.1 Å². The summed E-state index contributed by atoms with van der Waals surface area (Å²) in [5.74, 6) is 0.164. The SMILES string of the molecule is CC(C)C(O)C(NCCCS(=O)(=O)O)C(C)C. The lowest BCUT2D eigenvalue weighted by Crippen LogP contribution is -2.46. The first-order chi connectivity index (χ1) is 7.65. The highest BCUT2D eigenvalue weighted by Gasteiger charge is 2.24. The van der Waals surface area contributed by atoms with Crippen LogP contribution in [0.2, 0.25) is 0 Å². The molecule has 104 valence electrons. The lowest BCUT2D eigenvalue weighted by atomic mass is 9.91. The molecular formula is C11H25NO4S. The van der Waals surface area contributed by atoms with E-state index in [-0.39, 0.29) is 23.6 Å². The van der Waals surface area contributed by atoms with Crippen LogP contribution in [0.4, 0.5) is 0 Å². The highest BCUT2D eigenvalue weighted by atomic mass is 32.2. The first-order valence-electron chi connectivity index (χ1n) is 6.01. The van der Waals surface area contributed by atoms with Crippen LogP contribution < -0.4 is 5.32 Å². The average Bonchev–Trinajstić information content (AvgIpc) is 2.14. The Kier molecular flexibility index (Phi) is 7.23. The van der Waals surface area contributed by atoms with Gasteiger partial charge >= 0.3 is 0 Å². The third-order valence-corrected chi connectivity index (χ3v) is 3.53. The molecule has 6 heteroatoms. The second kappa shape index (κ2) is 7.31. The normalized spacial score (nSPS) is 16.5. The number of hydrogen-bond acceptors (Lipinski definition) is 4. The summed E-state index contributed by atoms with van der Waals surface area (Å²) in [6.07, 6.45) is -0.118. The molecule has 0 spiro atoms. The van der Waals surface area contributed by atoms with Gasteiger partial charge in [0.1, 0.15) is 0 Å². The van der Waals surface area contributed by atoms with Gasteiger partial charge in [-0.25, -0.2) is 0 Å². The third-order valence-electron chi connectivity index (χ3n) is 2.73. The van der Waals surface area contributed by atoms with Crippen LogP contribution in [0.15, 0.2) is 0 Å². The Labute approximate surface area is 104 Å². The minimum atomic E-state index is -3.88. The first-order valence-corrected chi connectivity index (χ1v) is 7.62. The van der Waals surface area contributed by atoms with Gasteiger partial charge in [0.2, 0.25) is 0 Å². The van der Waals surface area contributed by atoms with Crippen LogP contribution in [0.5, 0.6) is 0 Å². The van der Waals surface area contributed by atoms with Crippen molar-refractivity contribution in [3.8, 4) is 0 Å². The molecular weight excluding hydrogens is 242 g/mol. The molecule has 2 unspecified atom stereocenters. The lowest BCUT2D eigenvalue weighted by Gasteiger charge is -2.30. The van der Waals surface area contributed by atoms with Gasteiger partial charge in [-0.05, 0) is 24.8 Å². The Morgan fingerprint density at radius 3 is 2.00 bits per heavy atom. The van der Waals surface area contributed by atoms with Crippen LogP contribution in [-0.4, -0.2) is 42.5 Å². The number of aliphatic hydroxyl groups excluding tert-OH is 1. The fourth-order valence-electron chi connectivity index (χ4n) is 1.69. The molecule has 0 heterocycles. The molecule has 0 saturated carbocycles. The molecule has 0 fully saturated rings. The summed E-state index contributed by atoms with van der Waals surface area (Å²) in [6.45, 7) is 8.37. The van der Waals surface area contributed by atoms with E-state index in [0.717, 1.165) is 0 Å². The van der Waals surface area contributed by atoms with Crippen molar-refractivity contribution in [2.45, 2.75) is 46.3 Å². The summed E-state index contributed by atoms with van der Waals surface area (Å²) in [4.78, 5) is 0. The Balaban J connectivity index is 4.11. The molecule has 5 nitrogen and oxygen atoms in total. The van der Waals surface area contributed by atoms with Gasteiger partial charge in [-0.3, -0.25) is 4.55 Å². The molecule has 0 aliphatic carbocycles. The second-order valence-corrected chi connectivity index (χ2v) is 6.67. The molecule has 0 bridgehead atoms. The van der Waals surface area contributed by atoms with Crippen LogP contribution in [0.3, 0.4) is 0 Å². The fourth-order valence-corrected chi connectivity index (χ4v) is 2.20. The summed E-state index contributed by atoms with van der Waals surface area (Å²) in [5.41, 5.74) is 0. The van der Waals surface area contributed by atoms with E-state index in [1.807, 2.05) is 27.7 Å². The van der Waals surface area contributed by atoms with Crippen molar-refractivity contribution >= 4 is 10.1 Å². The Hall–Kier alpha value is -0.170. The summed E-state index contributed by atoms with van der Waals surface area (Å²) < 4.78 is 29.6. The average molecular weight is 267 g/mol. The molecule has 0 aromatic rings. The zero-order valence-corrected chi connectivity index (χ0v) is 11.9. The molecule has 0 aromatic heterocycles. The van der Waals surface area contributed by atoms with E-state index < -0.39 is 16.2 Å². The van der Waals surface area contributed by atoms with Crippen molar-refractivity contribution in [1.82, 2.24) is 5.32 Å². The fraction of sp³-hybridized carbons (Fsp3) is 1.00. The quantitative estimate of drug-likeness (QED) is 0.449. The Morgan fingerprint density at radius 1 is 1.12 bits per heavy atom. The van der Waals surface area contributed by atoms with Crippen molar-refractivity contribution in [2.24, 2.45) is 11.8 Å². The van der Waals surface area contributed by atoms with Crippen molar-refractivity contribution in [1.29, 1.82) is 0 Å². The molecule has 0 aliphatic heterocycles. The lowest BCUT2D eigenvalue weighted by molar-refractivity contribution is 0.0648. The standard InChI is InChI=1S/C11H25NO4S/c1-8(2)10(11(13)9(3)4)12-6-5-7-17(14,15)16/h8-13H,5-7H2,1-4H3,(H,14,15,16). The molecule has 0 amide bonds. The van der Waals surface area contributed by atoms with Gasteiger partial charge in [-0.15, -0.1) is 0 Å². The number of aliphatic hydroxyl groups is 1. The summed E-state index contributed by atoms with van der Waals surface area (Å²) in [5, 5.41) is 13.1. The monoisotopic (exact) mass is 267 g/mol. The van der Waals surface area contributed by atoms with Gasteiger partial charge in [-0.2, -0.15) is 8.42 Å². The van der Waals surface area contributed by atoms with Crippen LogP contribution >= 0.6 is 0 Å². The molecule has 17 heavy (non-hydrogen) atoms. The number of nitrogens with one attached hydrogen (secondary N) is 1. The first kappa shape index (κ1) is 16.8.